The molecule has 0 saturated carbocycles. The zero-order valence-electron chi connectivity index (χ0n) is 9.33. The van der Waals surface area contributed by atoms with Gasteiger partial charge in [-0.15, -0.1) is 11.3 Å². The first-order chi connectivity index (χ1) is 7.08. The Kier molecular flexibility index (Phi) is 4.29. The van der Waals surface area contributed by atoms with E-state index >= 15 is 0 Å². The SMILES string of the molecule is CCc1sc(C(=O)N[C@H](C)CO)cc1C. The molecule has 1 aromatic heterocycles. The number of hydrogen-bond donors (Lipinski definition) is 2. The molecule has 2 N–H and O–H groups in total. The average Bonchev–Trinajstić information content (AvgIpc) is 2.59. The molecule has 0 aromatic carbocycles. The number of aliphatic hydroxyl groups is 1. The zero-order chi connectivity index (χ0) is 11.4. The second-order valence-electron chi connectivity index (χ2n) is 3.63. The van der Waals surface area contributed by atoms with E-state index in [9.17, 15) is 4.79 Å². The van der Waals surface area contributed by atoms with Crippen molar-refractivity contribution in [3.05, 3.63) is 21.4 Å². The van der Waals surface area contributed by atoms with Gasteiger partial charge >= 0.3 is 0 Å². The number of rotatable bonds is 4. The Hall–Kier alpha value is -0.870. The molecule has 15 heavy (non-hydrogen) atoms. The molecule has 0 bridgehead atoms. The summed E-state index contributed by atoms with van der Waals surface area (Å²) in [5, 5.41) is 11.6. The lowest BCUT2D eigenvalue weighted by molar-refractivity contribution is 0.0926. The molecule has 0 aliphatic rings. The highest BCUT2D eigenvalue weighted by atomic mass is 32.1. The molecule has 1 aromatic rings. The second-order valence-corrected chi connectivity index (χ2v) is 4.76. The third-order valence-corrected chi connectivity index (χ3v) is 3.60. The number of aryl methyl sites for hydroxylation is 2. The first kappa shape index (κ1) is 12.2. The Morgan fingerprint density at radius 3 is 2.80 bits per heavy atom. The van der Waals surface area contributed by atoms with Crippen LogP contribution < -0.4 is 5.32 Å². The molecule has 1 atom stereocenters. The summed E-state index contributed by atoms with van der Waals surface area (Å²) in [6.45, 7) is 5.84. The summed E-state index contributed by atoms with van der Waals surface area (Å²) < 4.78 is 0. The lowest BCUT2D eigenvalue weighted by atomic mass is 10.2. The highest BCUT2D eigenvalue weighted by molar-refractivity contribution is 7.14. The van der Waals surface area contributed by atoms with Gasteiger partial charge in [0.05, 0.1) is 11.5 Å². The standard InChI is InChI=1S/C11H17NO2S/c1-4-9-7(2)5-10(15-9)11(14)12-8(3)6-13/h5,8,13H,4,6H2,1-3H3,(H,12,14)/t8-/m1/s1. The van der Waals surface area contributed by atoms with Crippen molar-refractivity contribution in [3.8, 4) is 0 Å². The van der Waals surface area contributed by atoms with Crippen LogP contribution in [0.25, 0.3) is 0 Å². The van der Waals surface area contributed by atoms with Crippen molar-refractivity contribution >= 4 is 17.2 Å². The van der Waals surface area contributed by atoms with Crippen molar-refractivity contribution < 1.29 is 9.90 Å². The van der Waals surface area contributed by atoms with Crippen molar-refractivity contribution in [2.24, 2.45) is 0 Å². The Morgan fingerprint density at radius 1 is 1.67 bits per heavy atom. The molecule has 0 fully saturated rings. The van der Waals surface area contributed by atoms with Crippen LogP contribution in [0.1, 0.15) is 34.0 Å². The van der Waals surface area contributed by atoms with Crippen LogP contribution in [0.3, 0.4) is 0 Å². The quantitative estimate of drug-likeness (QED) is 0.823. The van der Waals surface area contributed by atoms with Gasteiger partial charge in [-0.2, -0.15) is 0 Å². The molecule has 4 heteroatoms. The minimum atomic E-state index is -0.190. The van der Waals surface area contributed by atoms with Gasteiger partial charge in [0.25, 0.3) is 5.91 Å². The minimum absolute atomic E-state index is 0.0310. The predicted molar refractivity (Wildman–Crippen MR) is 62.4 cm³/mol. The fourth-order valence-electron chi connectivity index (χ4n) is 1.32. The minimum Gasteiger partial charge on any atom is -0.394 e. The normalized spacial score (nSPS) is 12.5. The molecule has 1 heterocycles. The second kappa shape index (κ2) is 5.28. The average molecular weight is 227 g/mol. The van der Waals surface area contributed by atoms with Crippen LogP contribution in [0, 0.1) is 6.92 Å². The van der Waals surface area contributed by atoms with Crippen molar-refractivity contribution in [1.29, 1.82) is 0 Å². The smallest absolute Gasteiger partial charge is 0.261 e. The third-order valence-electron chi connectivity index (χ3n) is 2.22. The van der Waals surface area contributed by atoms with Crippen molar-refractivity contribution in [3.63, 3.8) is 0 Å². The van der Waals surface area contributed by atoms with Crippen LogP contribution in [-0.4, -0.2) is 23.7 Å². The number of hydrogen-bond acceptors (Lipinski definition) is 3. The van der Waals surface area contributed by atoms with E-state index in [1.54, 1.807) is 6.92 Å². The maximum Gasteiger partial charge on any atom is 0.261 e. The summed E-state index contributed by atoms with van der Waals surface area (Å²) in [6.07, 6.45) is 0.958. The molecule has 0 radical (unpaired) electrons. The number of amides is 1. The molecule has 0 saturated heterocycles. The van der Waals surface area contributed by atoms with E-state index in [1.807, 2.05) is 13.0 Å². The summed E-state index contributed by atoms with van der Waals surface area (Å²) in [4.78, 5) is 13.7. The molecular weight excluding hydrogens is 210 g/mol. The zero-order valence-corrected chi connectivity index (χ0v) is 10.1. The highest BCUT2D eigenvalue weighted by Crippen LogP contribution is 2.22. The Morgan fingerprint density at radius 2 is 2.33 bits per heavy atom. The van der Waals surface area contributed by atoms with E-state index in [1.165, 1.54) is 21.8 Å². The monoisotopic (exact) mass is 227 g/mol. The molecule has 1 amide bonds. The van der Waals surface area contributed by atoms with Crippen molar-refractivity contribution in [1.82, 2.24) is 5.32 Å². The van der Waals surface area contributed by atoms with Crippen LogP contribution in [0.2, 0.25) is 0 Å². The predicted octanol–water partition coefficient (Wildman–Crippen LogP) is 1.73. The molecule has 84 valence electrons. The Bertz CT molecular complexity index is 346. The molecule has 0 spiro atoms. The highest BCUT2D eigenvalue weighted by Gasteiger charge is 2.13. The first-order valence-corrected chi connectivity index (χ1v) is 5.91. The molecule has 0 aliphatic heterocycles. The Balaban J connectivity index is 2.74. The van der Waals surface area contributed by atoms with Crippen LogP contribution >= 0.6 is 11.3 Å². The van der Waals surface area contributed by atoms with Gasteiger partial charge in [0.2, 0.25) is 0 Å². The van der Waals surface area contributed by atoms with Gasteiger partial charge in [0.15, 0.2) is 0 Å². The summed E-state index contributed by atoms with van der Waals surface area (Å²) in [6, 6.07) is 1.72. The van der Waals surface area contributed by atoms with E-state index in [0.29, 0.717) is 0 Å². The summed E-state index contributed by atoms with van der Waals surface area (Å²) in [5.41, 5.74) is 1.17. The number of carbonyl (C=O) groups is 1. The maximum atomic E-state index is 11.7. The third kappa shape index (κ3) is 3.04. The van der Waals surface area contributed by atoms with Gasteiger partial charge in [-0.1, -0.05) is 6.92 Å². The number of nitrogens with one attached hydrogen (secondary N) is 1. The number of thiophene rings is 1. The molecule has 3 nitrogen and oxygen atoms in total. The van der Waals surface area contributed by atoms with E-state index in [-0.39, 0.29) is 18.6 Å². The van der Waals surface area contributed by atoms with Crippen LogP contribution in [0.15, 0.2) is 6.07 Å². The fourth-order valence-corrected chi connectivity index (χ4v) is 2.34. The van der Waals surface area contributed by atoms with Gasteiger partial charge in [-0.05, 0) is 31.9 Å². The van der Waals surface area contributed by atoms with Crippen molar-refractivity contribution in [2.75, 3.05) is 6.61 Å². The van der Waals surface area contributed by atoms with Crippen LogP contribution in [0.4, 0.5) is 0 Å². The summed E-state index contributed by atoms with van der Waals surface area (Å²) >= 11 is 1.53. The number of carbonyl (C=O) groups excluding carboxylic acids is 1. The molecule has 0 unspecified atom stereocenters. The topological polar surface area (TPSA) is 49.3 Å². The van der Waals surface area contributed by atoms with E-state index in [4.69, 9.17) is 5.11 Å². The molecule has 0 aliphatic carbocycles. The molecule has 1 rings (SSSR count). The molecular formula is C11H17NO2S. The Labute approximate surface area is 94.1 Å². The number of aliphatic hydroxyl groups excluding tert-OH is 1. The van der Waals surface area contributed by atoms with E-state index in [2.05, 4.69) is 12.2 Å². The van der Waals surface area contributed by atoms with Gasteiger partial charge in [-0.25, -0.2) is 0 Å². The van der Waals surface area contributed by atoms with Gasteiger partial charge in [0, 0.05) is 10.9 Å². The van der Waals surface area contributed by atoms with Gasteiger partial charge in [0.1, 0.15) is 0 Å². The van der Waals surface area contributed by atoms with Gasteiger partial charge in [-0.3, -0.25) is 4.79 Å². The van der Waals surface area contributed by atoms with Gasteiger partial charge < -0.3 is 10.4 Å². The maximum absolute atomic E-state index is 11.7. The lowest BCUT2D eigenvalue weighted by Gasteiger charge is -2.08. The lowest BCUT2D eigenvalue weighted by Crippen LogP contribution is -2.34. The largest absolute Gasteiger partial charge is 0.394 e. The summed E-state index contributed by atoms with van der Waals surface area (Å²) in [5.74, 6) is -0.0932. The summed E-state index contributed by atoms with van der Waals surface area (Å²) in [7, 11) is 0. The van der Waals surface area contributed by atoms with Crippen LogP contribution in [0.5, 0.6) is 0 Å². The fraction of sp³-hybridized carbons (Fsp3) is 0.545. The first-order valence-electron chi connectivity index (χ1n) is 5.09. The van der Waals surface area contributed by atoms with Crippen molar-refractivity contribution in [2.45, 2.75) is 33.2 Å². The van der Waals surface area contributed by atoms with E-state index < -0.39 is 0 Å². The van der Waals surface area contributed by atoms with E-state index in [0.717, 1.165) is 11.3 Å². The van der Waals surface area contributed by atoms with Crippen LogP contribution in [-0.2, 0) is 6.42 Å².